The van der Waals surface area contributed by atoms with Gasteiger partial charge in [0.2, 0.25) is 10.0 Å². The zero-order chi connectivity index (χ0) is 13.6. The van der Waals surface area contributed by atoms with Gasteiger partial charge in [-0.05, 0) is 31.0 Å². The van der Waals surface area contributed by atoms with Crippen LogP contribution < -0.4 is 4.72 Å². The summed E-state index contributed by atoms with van der Waals surface area (Å²) in [5, 5.41) is 9.14. The standard InChI is InChI=1S/C10H10F3NO3S/c11-10(12,13)9(4-5-9)14-18(16,17)8-3-1-2-7(15)6-8/h1-3,6,14-15H,4-5H2. The highest BCUT2D eigenvalue weighted by atomic mass is 32.2. The Kier molecular flexibility index (Phi) is 2.82. The first-order chi connectivity index (χ1) is 8.16. The van der Waals surface area contributed by atoms with E-state index in [4.69, 9.17) is 5.11 Å². The van der Waals surface area contributed by atoms with E-state index in [1.54, 1.807) is 4.72 Å². The Morgan fingerprint density at radius 3 is 2.33 bits per heavy atom. The molecule has 0 aliphatic heterocycles. The van der Waals surface area contributed by atoms with E-state index in [1.165, 1.54) is 12.1 Å². The summed E-state index contributed by atoms with van der Waals surface area (Å²) < 4.78 is 63.1. The lowest BCUT2D eigenvalue weighted by Gasteiger charge is -2.20. The number of hydrogen-bond donors (Lipinski definition) is 2. The number of phenols is 1. The van der Waals surface area contributed by atoms with Gasteiger partial charge in [0.05, 0.1) is 4.90 Å². The van der Waals surface area contributed by atoms with E-state index in [0.29, 0.717) is 0 Å². The number of hydrogen-bond acceptors (Lipinski definition) is 3. The Balaban J connectivity index is 2.29. The van der Waals surface area contributed by atoms with Gasteiger partial charge in [-0.2, -0.15) is 17.9 Å². The second kappa shape index (κ2) is 3.86. The van der Waals surface area contributed by atoms with Gasteiger partial charge in [-0.15, -0.1) is 0 Å². The summed E-state index contributed by atoms with van der Waals surface area (Å²) in [5.74, 6) is -0.324. The minimum absolute atomic E-state index is 0.269. The molecule has 1 aliphatic carbocycles. The molecule has 0 heterocycles. The SMILES string of the molecule is O=S(=O)(NC1(C(F)(F)F)CC1)c1cccc(O)c1. The molecule has 0 radical (unpaired) electrons. The molecule has 4 nitrogen and oxygen atoms in total. The van der Waals surface area contributed by atoms with Crippen LogP contribution in [0.1, 0.15) is 12.8 Å². The van der Waals surface area contributed by atoms with Crippen molar-refractivity contribution >= 4 is 10.0 Å². The fraction of sp³-hybridized carbons (Fsp3) is 0.400. The van der Waals surface area contributed by atoms with E-state index >= 15 is 0 Å². The molecule has 100 valence electrons. The highest BCUT2D eigenvalue weighted by Gasteiger charge is 2.65. The molecule has 0 saturated heterocycles. The summed E-state index contributed by atoms with van der Waals surface area (Å²) >= 11 is 0. The number of sulfonamides is 1. The van der Waals surface area contributed by atoms with E-state index < -0.39 is 26.6 Å². The number of rotatable bonds is 3. The Hall–Kier alpha value is -1.28. The van der Waals surface area contributed by atoms with Gasteiger partial charge in [-0.25, -0.2) is 8.42 Å². The second-order valence-electron chi connectivity index (χ2n) is 4.18. The van der Waals surface area contributed by atoms with Crippen LogP contribution in [0.15, 0.2) is 29.2 Å². The van der Waals surface area contributed by atoms with Gasteiger partial charge in [0.1, 0.15) is 11.3 Å². The lowest BCUT2D eigenvalue weighted by atomic mass is 10.3. The molecule has 18 heavy (non-hydrogen) atoms. The van der Waals surface area contributed by atoms with Crippen LogP contribution in [-0.4, -0.2) is 25.2 Å². The van der Waals surface area contributed by atoms with Crippen molar-refractivity contribution in [3.63, 3.8) is 0 Å². The molecule has 1 aromatic rings. The fourth-order valence-electron chi connectivity index (χ4n) is 1.54. The summed E-state index contributed by atoms with van der Waals surface area (Å²) in [6.07, 6.45) is -5.15. The first-order valence-electron chi connectivity index (χ1n) is 5.06. The minimum Gasteiger partial charge on any atom is -0.508 e. The predicted molar refractivity (Wildman–Crippen MR) is 56.4 cm³/mol. The largest absolute Gasteiger partial charge is 0.508 e. The lowest BCUT2D eigenvalue weighted by Crippen LogP contribution is -2.47. The summed E-state index contributed by atoms with van der Waals surface area (Å²) in [6.45, 7) is 0. The second-order valence-corrected chi connectivity index (χ2v) is 5.87. The summed E-state index contributed by atoms with van der Waals surface area (Å²) in [4.78, 5) is -0.391. The number of nitrogens with one attached hydrogen (secondary N) is 1. The van der Waals surface area contributed by atoms with Crippen LogP contribution in [0.25, 0.3) is 0 Å². The van der Waals surface area contributed by atoms with E-state index in [2.05, 4.69) is 0 Å². The maximum Gasteiger partial charge on any atom is 0.407 e. The highest BCUT2D eigenvalue weighted by molar-refractivity contribution is 7.89. The molecule has 0 spiro atoms. The van der Waals surface area contributed by atoms with Crippen molar-refractivity contribution in [2.75, 3.05) is 0 Å². The van der Waals surface area contributed by atoms with Crippen LogP contribution in [0.2, 0.25) is 0 Å². The van der Waals surface area contributed by atoms with E-state index in [0.717, 1.165) is 12.1 Å². The Labute approximate surface area is 101 Å². The van der Waals surface area contributed by atoms with Gasteiger partial charge in [0.25, 0.3) is 0 Å². The van der Waals surface area contributed by atoms with Crippen LogP contribution in [0.3, 0.4) is 0 Å². The molecule has 0 atom stereocenters. The number of benzene rings is 1. The van der Waals surface area contributed by atoms with Crippen molar-refractivity contribution in [3.8, 4) is 5.75 Å². The van der Waals surface area contributed by atoms with Crippen molar-refractivity contribution in [1.29, 1.82) is 0 Å². The topological polar surface area (TPSA) is 66.4 Å². The molecule has 1 aliphatic rings. The van der Waals surface area contributed by atoms with Crippen molar-refractivity contribution in [1.82, 2.24) is 4.72 Å². The maximum atomic E-state index is 12.6. The Bertz CT molecular complexity index is 564. The first-order valence-corrected chi connectivity index (χ1v) is 6.54. The summed E-state index contributed by atoms with van der Waals surface area (Å²) in [5.41, 5.74) is -2.35. The Morgan fingerprint density at radius 1 is 1.28 bits per heavy atom. The van der Waals surface area contributed by atoms with Crippen molar-refractivity contribution in [3.05, 3.63) is 24.3 Å². The molecule has 1 fully saturated rings. The first kappa shape index (κ1) is 13.2. The number of aromatic hydroxyl groups is 1. The van der Waals surface area contributed by atoms with E-state index in [9.17, 15) is 21.6 Å². The van der Waals surface area contributed by atoms with Crippen LogP contribution in [0.5, 0.6) is 5.75 Å². The van der Waals surface area contributed by atoms with Crippen molar-refractivity contribution < 1.29 is 26.7 Å². The molecule has 1 aromatic carbocycles. The molecule has 2 N–H and O–H groups in total. The van der Waals surface area contributed by atoms with Crippen LogP contribution in [0, 0.1) is 0 Å². The van der Waals surface area contributed by atoms with Gasteiger partial charge < -0.3 is 5.11 Å². The third kappa shape index (κ3) is 2.30. The van der Waals surface area contributed by atoms with Crippen molar-refractivity contribution in [2.24, 2.45) is 0 Å². The lowest BCUT2D eigenvalue weighted by molar-refractivity contribution is -0.160. The van der Waals surface area contributed by atoms with Crippen molar-refractivity contribution in [2.45, 2.75) is 29.5 Å². The van der Waals surface area contributed by atoms with Gasteiger partial charge in [0, 0.05) is 0 Å². The number of halogens is 3. The van der Waals surface area contributed by atoms with Gasteiger partial charge in [0.15, 0.2) is 0 Å². The monoisotopic (exact) mass is 281 g/mol. The number of alkyl halides is 3. The predicted octanol–water partition coefficient (Wildman–Crippen LogP) is 1.77. The number of phenolic OH excluding ortho intramolecular Hbond substituents is 1. The third-order valence-corrected chi connectivity index (χ3v) is 4.28. The van der Waals surface area contributed by atoms with Gasteiger partial charge in [-0.1, -0.05) is 6.07 Å². The smallest absolute Gasteiger partial charge is 0.407 e. The molecule has 8 heteroatoms. The van der Waals surface area contributed by atoms with Crippen LogP contribution in [0.4, 0.5) is 13.2 Å². The van der Waals surface area contributed by atoms with E-state index in [1.807, 2.05) is 0 Å². The average Bonchev–Trinajstić information content (AvgIpc) is 2.97. The molecular weight excluding hydrogens is 271 g/mol. The van der Waals surface area contributed by atoms with Crippen LogP contribution in [-0.2, 0) is 10.0 Å². The maximum absolute atomic E-state index is 12.6. The fourth-order valence-corrected chi connectivity index (χ4v) is 3.02. The summed E-state index contributed by atoms with van der Waals surface area (Å²) in [7, 11) is -4.29. The van der Waals surface area contributed by atoms with Gasteiger partial charge >= 0.3 is 6.18 Å². The molecular formula is C10H10F3NO3S. The molecule has 0 amide bonds. The highest BCUT2D eigenvalue weighted by Crippen LogP contribution is 2.49. The molecule has 0 unspecified atom stereocenters. The average molecular weight is 281 g/mol. The van der Waals surface area contributed by atoms with Gasteiger partial charge in [-0.3, -0.25) is 0 Å². The van der Waals surface area contributed by atoms with Crippen LogP contribution >= 0.6 is 0 Å². The quantitative estimate of drug-likeness (QED) is 0.887. The Morgan fingerprint density at radius 2 is 1.89 bits per heavy atom. The molecule has 2 rings (SSSR count). The van der Waals surface area contributed by atoms with E-state index in [-0.39, 0.29) is 18.6 Å². The molecule has 0 aromatic heterocycles. The normalized spacial score (nSPS) is 18.6. The molecule has 0 bridgehead atoms. The summed E-state index contributed by atoms with van der Waals surface area (Å²) in [6, 6.07) is 4.50. The molecule has 1 saturated carbocycles. The minimum atomic E-state index is -4.61. The zero-order valence-electron chi connectivity index (χ0n) is 9.03. The third-order valence-electron chi connectivity index (χ3n) is 2.75. The zero-order valence-corrected chi connectivity index (χ0v) is 9.85.